The smallest absolute Gasteiger partial charge is 0.289 e. The summed E-state index contributed by atoms with van der Waals surface area (Å²) in [6, 6.07) is 12.2. The number of halogens is 4. The van der Waals surface area contributed by atoms with Gasteiger partial charge in [-0.15, -0.1) is 0 Å². The van der Waals surface area contributed by atoms with Crippen LogP contribution in [0.25, 0.3) is 0 Å². The molecule has 3 nitrogen and oxygen atoms in total. The first-order chi connectivity index (χ1) is 10.1. The van der Waals surface area contributed by atoms with E-state index in [1.54, 1.807) is 30.3 Å². The highest BCUT2D eigenvalue weighted by atomic mass is 35.6. The maximum Gasteiger partial charge on any atom is 0.297 e. The van der Waals surface area contributed by atoms with Crippen LogP contribution >= 0.6 is 46.4 Å². The first-order valence-electron chi connectivity index (χ1n) is 5.85. The van der Waals surface area contributed by atoms with E-state index in [-0.39, 0.29) is 21.3 Å². The highest BCUT2D eigenvalue weighted by Crippen LogP contribution is 2.40. The number of carbonyl (C=O) groups is 1. The molecule has 0 spiro atoms. The summed E-state index contributed by atoms with van der Waals surface area (Å²) in [5, 5.41) is -0.187. The molecule has 0 bridgehead atoms. The van der Waals surface area contributed by atoms with Gasteiger partial charge in [0.25, 0.3) is 3.12 Å². The molecular formula is C14H8Cl4O3S. The third-order valence-electron chi connectivity index (χ3n) is 2.82. The van der Waals surface area contributed by atoms with E-state index >= 15 is 0 Å². The van der Waals surface area contributed by atoms with Gasteiger partial charge in [-0.1, -0.05) is 76.7 Å². The Hall–Kier alpha value is -0.780. The molecule has 8 heteroatoms. The summed E-state index contributed by atoms with van der Waals surface area (Å²) in [4.78, 5) is 11.9. The number of sulfone groups is 1. The molecule has 0 radical (unpaired) electrons. The average Bonchev–Trinajstić information content (AvgIpc) is 2.45. The maximum atomic E-state index is 12.3. The van der Waals surface area contributed by atoms with Crippen LogP contribution in [-0.2, 0) is 9.84 Å². The Morgan fingerprint density at radius 1 is 0.909 bits per heavy atom. The van der Waals surface area contributed by atoms with Crippen molar-refractivity contribution in [1.82, 2.24) is 0 Å². The molecular weight excluding hydrogens is 390 g/mol. The van der Waals surface area contributed by atoms with E-state index < -0.39 is 13.0 Å². The number of benzene rings is 2. The van der Waals surface area contributed by atoms with E-state index in [0.29, 0.717) is 5.56 Å². The lowest BCUT2D eigenvalue weighted by Crippen LogP contribution is -2.20. The number of rotatable bonds is 3. The van der Waals surface area contributed by atoms with Crippen LogP contribution in [-0.4, -0.2) is 17.3 Å². The molecule has 22 heavy (non-hydrogen) atoms. The average molecular weight is 398 g/mol. The number of hydrogen-bond donors (Lipinski definition) is 0. The van der Waals surface area contributed by atoms with Crippen LogP contribution in [0.2, 0.25) is 5.02 Å². The first-order valence-corrected chi connectivity index (χ1v) is 8.85. The predicted molar refractivity (Wildman–Crippen MR) is 88.8 cm³/mol. The van der Waals surface area contributed by atoms with Gasteiger partial charge in [0.05, 0.1) is 9.92 Å². The molecule has 0 aliphatic carbocycles. The molecule has 0 amide bonds. The summed E-state index contributed by atoms with van der Waals surface area (Å²) in [5.74, 6) is -0.291. The Bertz CT molecular complexity index is 812. The van der Waals surface area contributed by atoms with Gasteiger partial charge in [-0.3, -0.25) is 4.79 Å². The first kappa shape index (κ1) is 17.6. The van der Waals surface area contributed by atoms with Gasteiger partial charge in [-0.2, -0.15) is 0 Å². The van der Waals surface area contributed by atoms with Gasteiger partial charge in [0.15, 0.2) is 5.78 Å². The second kappa shape index (κ2) is 6.38. The van der Waals surface area contributed by atoms with Crippen molar-refractivity contribution in [2.24, 2.45) is 0 Å². The summed E-state index contributed by atoms with van der Waals surface area (Å²) in [7, 11) is -4.26. The SMILES string of the molecule is O=C(c1ccccc1)c1ccc(S(=O)(=O)C(Cl)(Cl)Cl)c(Cl)c1. The summed E-state index contributed by atoms with van der Waals surface area (Å²) < 4.78 is 21.6. The van der Waals surface area contributed by atoms with Crippen molar-refractivity contribution >= 4 is 62.0 Å². The van der Waals surface area contributed by atoms with Crippen LogP contribution in [0, 0.1) is 0 Å². The molecule has 0 aliphatic rings. The van der Waals surface area contributed by atoms with Gasteiger partial charge >= 0.3 is 0 Å². The number of hydrogen-bond acceptors (Lipinski definition) is 3. The largest absolute Gasteiger partial charge is 0.297 e. The molecule has 0 aliphatic heterocycles. The van der Waals surface area contributed by atoms with Crippen molar-refractivity contribution < 1.29 is 13.2 Å². The van der Waals surface area contributed by atoms with E-state index in [1.807, 2.05) is 0 Å². The third kappa shape index (κ3) is 3.42. The van der Waals surface area contributed by atoms with E-state index in [9.17, 15) is 13.2 Å². The van der Waals surface area contributed by atoms with E-state index in [4.69, 9.17) is 46.4 Å². The van der Waals surface area contributed by atoms with Crippen LogP contribution in [0.15, 0.2) is 53.4 Å². The molecule has 0 saturated heterocycles. The van der Waals surface area contributed by atoms with Gasteiger partial charge in [-0.05, 0) is 18.2 Å². The van der Waals surface area contributed by atoms with Gasteiger partial charge in [0, 0.05) is 11.1 Å². The fourth-order valence-electron chi connectivity index (χ4n) is 1.74. The zero-order valence-corrected chi connectivity index (χ0v) is 14.6. The fraction of sp³-hybridized carbons (Fsp3) is 0.0714. The maximum absolute atomic E-state index is 12.3. The number of carbonyl (C=O) groups excluding carboxylic acids is 1. The van der Waals surface area contributed by atoms with Crippen LogP contribution in [0.5, 0.6) is 0 Å². The fourth-order valence-corrected chi connectivity index (χ4v) is 3.79. The standard InChI is InChI=1S/C14H8Cl4O3S/c15-11-8-10(13(19)9-4-2-1-3-5-9)6-7-12(11)22(20,21)14(16,17)18/h1-8H. The van der Waals surface area contributed by atoms with Crippen molar-refractivity contribution in [2.45, 2.75) is 8.02 Å². The van der Waals surface area contributed by atoms with E-state index in [2.05, 4.69) is 0 Å². The van der Waals surface area contributed by atoms with Crippen molar-refractivity contribution in [3.63, 3.8) is 0 Å². The minimum Gasteiger partial charge on any atom is -0.289 e. The lowest BCUT2D eigenvalue weighted by molar-refractivity contribution is 0.103. The molecule has 0 saturated carbocycles. The molecule has 116 valence electrons. The normalized spacial score (nSPS) is 12.2. The number of alkyl halides is 3. The minimum atomic E-state index is -4.26. The Morgan fingerprint density at radius 2 is 1.50 bits per heavy atom. The summed E-state index contributed by atoms with van der Waals surface area (Å²) in [6.07, 6.45) is 0. The van der Waals surface area contributed by atoms with E-state index in [0.717, 1.165) is 6.07 Å². The van der Waals surface area contributed by atoms with E-state index in [1.165, 1.54) is 12.1 Å². The molecule has 2 aromatic carbocycles. The van der Waals surface area contributed by atoms with Crippen LogP contribution < -0.4 is 0 Å². The van der Waals surface area contributed by atoms with Gasteiger partial charge in [-0.25, -0.2) is 8.42 Å². The Morgan fingerprint density at radius 3 is 2.00 bits per heavy atom. The summed E-state index contributed by atoms with van der Waals surface area (Å²) in [5.41, 5.74) is 0.690. The minimum absolute atomic E-state index is 0.187. The van der Waals surface area contributed by atoms with Crippen molar-refractivity contribution in [3.8, 4) is 0 Å². The predicted octanol–water partition coefficient (Wildman–Crippen LogP) is 4.67. The quantitative estimate of drug-likeness (QED) is 0.558. The molecule has 2 rings (SSSR count). The van der Waals surface area contributed by atoms with Crippen molar-refractivity contribution in [3.05, 3.63) is 64.7 Å². The lowest BCUT2D eigenvalue weighted by Gasteiger charge is -2.14. The van der Waals surface area contributed by atoms with Gasteiger partial charge < -0.3 is 0 Å². The highest BCUT2D eigenvalue weighted by Gasteiger charge is 2.40. The monoisotopic (exact) mass is 396 g/mol. The third-order valence-corrected chi connectivity index (χ3v) is 6.62. The zero-order chi connectivity index (χ0) is 16.5. The summed E-state index contributed by atoms with van der Waals surface area (Å²) >= 11 is 22.3. The molecule has 0 N–H and O–H groups in total. The highest BCUT2D eigenvalue weighted by molar-refractivity contribution is 7.97. The molecule has 0 fully saturated rings. The molecule has 0 atom stereocenters. The topological polar surface area (TPSA) is 51.2 Å². The zero-order valence-electron chi connectivity index (χ0n) is 10.8. The second-order valence-corrected chi connectivity index (χ2v) is 9.71. The van der Waals surface area contributed by atoms with Crippen molar-refractivity contribution in [2.75, 3.05) is 0 Å². The number of ketones is 1. The Labute approximate surface area is 147 Å². The second-order valence-electron chi connectivity index (χ2n) is 4.29. The van der Waals surface area contributed by atoms with Crippen molar-refractivity contribution in [1.29, 1.82) is 0 Å². The van der Waals surface area contributed by atoms with Crippen LogP contribution in [0.1, 0.15) is 15.9 Å². The van der Waals surface area contributed by atoms with Crippen LogP contribution in [0.4, 0.5) is 0 Å². The Kier molecular flexibility index (Phi) is 5.09. The molecule has 0 unspecified atom stereocenters. The van der Waals surface area contributed by atoms with Crippen LogP contribution in [0.3, 0.4) is 0 Å². The molecule has 0 aromatic heterocycles. The molecule has 0 heterocycles. The van der Waals surface area contributed by atoms with Gasteiger partial charge in [0.2, 0.25) is 9.84 Å². The van der Waals surface area contributed by atoms with Gasteiger partial charge in [0.1, 0.15) is 0 Å². The lowest BCUT2D eigenvalue weighted by atomic mass is 10.0. The Balaban J connectivity index is 2.46. The summed E-state index contributed by atoms with van der Waals surface area (Å²) in [6.45, 7) is 0. The molecule has 2 aromatic rings.